The lowest BCUT2D eigenvalue weighted by Crippen LogP contribution is -2.31. The minimum atomic E-state index is -0.231. The number of hydrogen-bond donors (Lipinski definition) is 2. The van der Waals surface area contributed by atoms with Crippen LogP contribution in [-0.2, 0) is 4.74 Å². The highest BCUT2D eigenvalue weighted by atomic mass is 32.2. The summed E-state index contributed by atoms with van der Waals surface area (Å²) < 4.78 is 5.53. The van der Waals surface area contributed by atoms with E-state index >= 15 is 0 Å². The van der Waals surface area contributed by atoms with Crippen LogP contribution in [0, 0.1) is 5.92 Å². The Morgan fingerprint density at radius 3 is 2.88 bits per heavy atom. The first-order chi connectivity index (χ1) is 7.68. The fourth-order valence-electron chi connectivity index (χ4n) is 1.71. The third-order valence-corrected chi connectivity index (χ3v) is 3.80. The Morgan fingerprint density at radius 1 is 1.44 bits per heavy atom. The van der Waals surface area contributed by atoms with Crippen LogP contribution in [0.2, 0.25) is 0 Å². The lowest BCUT2D eigenvalue weighted by atomic mass is 10.2. The molecule has 1 rings (SSSR count). The van der Waals surface area contributed by atoms with Gasteiger partial charge in [-0.05, 0) is 25.3 Å². The molecule has 0 aliphatic carbocycles. The van der Waals surface area contributed by atoms with Gasteiger partial charge in [0.15, 0.2) is 0 Å². The molecule has 3 nitrogen and oxygen atoms in total. The van der Waals surface area contributed by atoms with Gasteiger partial charge in [-0.1, -0.05) is 13.8 Å². The Kier molecular flexibility index (Phi) is 7.45. The molecule has 2 unspecified atom stereocenters. The predicted molar refractivity (Wildman–Crippen MR) is 70.0 cm³/mol. The summed E-state index contributed by atoms with van der Waals surface area (Å²) in [4.78, 5) is 0. The third-order valence-electron chi connectivity index (χ3n) is 2.57. The highest BCUT2D eigenvalue weighted by Crippen LogP contribution is 2.17. The summed E-state index contributed by atoms with van der Waals surface area (Å²) in [5.41, 5.74) is 0. The number of hydrogen-bond acceptors (Lipinski definition) is 4. The lowest BCUT2D eigenvalue weighted by Gasteiger charge is -2.14. The molecule has 0 aromatic carbocycles. The average Bonchev–Trinajstić information content (AvgIpc) is 2.70. The molecule has 0 amide bonds. The normalized spacial score (nSPS) is 22.9. The Balaban J connectivity index is 1.91. The molecule has 2 N–H and O–H groups in total. The maximum Gasteiger partial charge on any atom is 0.0754 e. The zero-order chi connectivity index (χ0) is 11.8. The minimum Gasteiger partial charge on any atom is -0.391 e. The van der Waals surface area contributed by atoms with Crippen molar-refractivity contribution in [3.63, 3.8) is 0 Å². The SMILES string of the molecule is CC(C)CNCC(O)CSCC1CCCO1. The summed E-state index contributed by atoms with van der Waals surface area (Å²) in [6, 6.07) is 0. The fourth-order valence-corrected chi connectivity index (χ4v) is 2.76. The molecule has 2 atom stereocenters. The van der Waals surface area contributed by atoms with Gasteiger partial charge in [0.05, 0.1) is 12.2 Å². The number of aliphatic hydroxyl groups excluding tert-OH is 1. The van der Waals surface area contributed by atoms with Crippen LogP contribution in [0.5, 0.6) is 0 Å². The Morgan fingerprint density at radius 2 is 2.25 bits per heavy atom. The smallest absolute Gasteiger partial charge is 0.0754 e. The maximum absolute atomic E-state index is 9.71. The van der Waals surface area contributed by atoms with Crippen molar-refractivity contribution in [2.24, 2.45) is 5.92 Å². The van der Waals surface area contributed by atoms with Crippen LogP contribution in [0.15, 0.2) is 0 Å². The molecule has 96 valence electrons. The van der Waals surface area contributed by atoms with Crippen molar-refractivity contribution in [2.75, 3.05) is 31.2 Å². The van der Waals surface area contributed by atoms with Crippen LogP contribution >= 0.6 is 11.8 Å². The summed E-state index contributed by atoms with van der Waals surface area (Å²) in [5.74, 6) is 2.48. The molecule has 1 aliphatic heterocycles. The van der Waals surface area contributed by atoms with E-state index in [0.29, 0.717) is 18.6 Å². The van der Waals surface area contributed by atoms with Crippen molar-refractivity contribution in [3.05, 3.63) is 0 Å². The maximum atomic E-state index is 9.71. The molecule has 0 bridgehead atoms. The molecule has 4 heteroatoms. The first-order valence-corrected chi connectivity index (χ1v) is 7.42. The van der Waals surface area contributed by atoms with Gasteiger partial charge in [-0.2, -0.15) is 11.8 Å². The summed E-state index contributed by atoms with van der Waals surface area (Å²) in [6.07, 6.45) is 2.59. The highest BCUT2D eigenvalue weighted by Gasteiger charge is 2.15. The van der Waals surface area contributed by atoms with Crippen molar-refractivity contribution < 1.29 is 9.84 Å². The van der Waals surface area contributed by atoms with E-state index in [-0.39, 0.29) is 6.10 Å². The molecule has 0 spiro atoms. The van der Waals surface area contributed by atoms with E-state index in [1.165, 1.54) is 12.8 Å². The number of rotatable bonds is 8. The lowest BCUT2D eigenvalue weighted by molar-refractivity contribution is 0.128. The van der Waals surface area contributed by atoms with E-state index in [4.69, 9.17) is 4.74 Å². The van der Waals surface area contributed by atoms with Gasteiger partial charge in [0.2, 0.25) is 0 Å². The van der Waals surface area contributed by atoms with Gasteiger partial charge in [-0.15, -0.1) is 0 Å². The van der Waals surface area contributed by atoms with E-state index in [1.54, 1.807) is 11.8 Å². The topological polar surface area (TPSA) is 41.5 Å². The van der Waals surface area contributed by atoms with E-state index < -0.39 is 0 Å². The van der Waals surface area contributed by atoms with Gasteiger partial charge in [-0.25, -0.2) is 0 Å². The summed E-state index contributed by atoms with van der Waals surface area (Å²) in [5, 5.41) is 13.0. The standard InChI is InChI=1S/C12H25NO2S/c1-10(2)6-13-7-11(14)8-16-9-12-4-3-5-15-12/h10-14H,3-9H2,1-2H3. The summed E-state index contributed by atoms with van der Waals surface area (Å²) in [7, 11) is 0. The quantitative estimate of drug-likeness (QED) is 0.682. The van der Waals surface area contributed by atoms with Gasteiger partial charge in [0, 0.05) is 24.7 Å². The second kappa shape index (κ2) is 8.34. The second-order valence-electron chi connectivity index (χ2n) is 4.88. The Hall–Kier alpha value is 0.230. The van der Waals surface area contributed by atoms with Crippen molar-refractivity contribution in [2.45, 2.75) is 38.9 Å². The number of aliphatic hydroxyl groups is 1. The number of thioether (sulfide) groups is 1. The van der Waals surface area contributed by atoms with E-state index in [2.05, 4.69) is 19.2 Å². The molecule has 1 heterocycles. The number of ether oxygens (including phenoxy) is 1. The molecular weight excluding hydrogens is 222 g/mol. The van der Waals surface area contributed by atoms with E-state index in [0.717, 1.165) is 24.7 Å². The average molecular weight is 247 g/mol. The van der Waals surface area contributed by atoms with Crippen molar-refractivity contribution in [1.82, 2.24) is 5.32 Å². The second-order valence-corrected chi connectivity index (χ2v) is 5.95. The molecule has 1 aliphatic rings. The summed E-state index contributed by atoms with van der Waals surface area (Å²) in [6.45, 7) is 6.95. The Bertz CT molecular complexity index is 172. The van der Waals surface area contributed by atoms with Crippen LogP contribution in [0.4, 0.5) is 0 Å². The van der Waals surface area contributed by atoms with Crippen LogP contribution in [0.1, 0.15) is 26.7 Å². The molecule has 0 aromatic rings. The minimum absolute atomic E-state index is 0.231. The first kappa shape index (κ1) is 14.3. The molecule has 0 saturated carbocycles. The van der Waals surface area contributed by atoms with E-state index in [9.17, 15) is 5.11 Å². The van der Waals surface area contributed by atoms with Crippen molar-refractivity contribution in [1.29, 1.82) is 0 Å². The van der Waals surface area contributed by atoms with Gasteiger partial charge >= 0.3 is 0 Å². The molecular formula is C12H25NO2S. The molecule has 1 saturated heterocycles. The van der Waals surface area contributed by atoms with Crippen molar-refractivity contribution in [3.8, 4) is 0 Å². The van der Waals surface area contributed by atoms with Crippen LogP contribution in [-0.4, -0.2) is 48.5 Å². The van der Waals surface area contributed by atoms with Gasteiger partial charge < -0.3 is 15.2 Å². The fraction of sp³-hybridized carbons (Fsp3) is 1.00. The zero-order valence-corrected chi connectivity index (χ0v) is 11.3. The molecule has 0 aromatic heterocycles. The summed E-state index contributed by atoms with van der Waals surface area (Å²) >= 11 is 1.80. The van der Waals surface area contributed by atoms with Gasteiger partial charge in [0.25, 0.3) is 0 Å². The van der Waals surface area contributed by atoms with Crippen LogP contribution in [0.25, 0.3) is 0 Å². The zero-order valence-electron chi connectivity index (χ0n) is 10.4. The molecule has 16 heavy (non-hydrogen) atoms. The monoisotopic (exact) mass is 247 g/mol. The third kappa shape index (κ3) is 6.74. The van der Waals surface area contributed by atoms with E-state index in [1.807, 2.05) is 0 Å². The number of nitrogens with one attached hydrogen (secondary N) is 1. The Labute approximate surface area is 103 Å². The predicted octanol–water partition coefficient (Wildman–Crippen LogP) is 1.51. The highest BCUT2D eigenvalue weighted by molar-refractivity contribution is 7.99. The molecule has 1 fully saturated rings. The van der Waals surface area contributed by atoms with Gasteiger partial charge in [-0.3, -0.25) is 0 Å². The van der Waals surface area contributed by atoms with Crippen molar-refractivity contribution >= 4 is 11.8 Å². The van der Waals surface area contributed by atoms with Crippen LogP contribution in [0.3, 0.4) is 0 Å². The first-order valence-electron chi connectivity index (χ1n) is 6.26. The molecule has 0 radical (unpaired) electrons. The largest absolute Gasteiger partial charge is 0.391 e. The van der Waals surface area contributed by atoms with Crippen LogP contribution < -0.4 is 5.32 Å². The van der Waals surface area contributed by atoms with Gasteiger partial charge in [0.1, 0.15) is 0 Å².